The Morgan fingerprint density at radius 3 is 2.00 bits per heavy atom. The van der Waals surface area contributed by atoms with E-state index in [-0.39, 0.29) is 0 Å². The van der Waals surface area contributed by atoms with E-state index in [0.29, 0.717) is 21.5 Å². The van der Waals surface area contributed by atoms with Crippen LogP contribution in [-0.2, 0) is 0 Å². The molecule has 0 saturated carbocycles. The van der Waals surface area contributed by atoms with Crippen LogP contribution in [0.25, 0.3) is 0 Å². The third kappa shape index (κ3) is 2.15. The molecule has 0 aliphatic carbocycles. The van der Waals surface area contributed by atoms with Crippen molar-refractivity contribution in [1.29, 1.82) is 5.26 Å². The fourth-order valence-corrected chi connectivity index (χ4v) is 1.62. The van der Waals surface area contributed by atoms with Gasteiger partial charge in [-0.3, -0.25) is 0 Å². The fourth-order valence-electron chi connectivity index (χ4n) is 1.03. The van der Waals surface area contributed by atoms with E-state index in [9.17, 15) is 0 Å². The zero-order chi connectivity index (χ0) is 10.0. The van der Waals surface area contributed by atoms with Crippen LogP contribution < -0.4 is 0 Å². The molecule has 3 heteroatoms. The lowest BCUT2D eigenvalue weighted by Gasteiger charge is -2.07. The average molecular weight is 214 g/mol. The van der Waals surface area contributed by atoms with Gasteiger partial charge < -0.3 is 0 Å². The standard InChI is InChI=1S/C10H9Cl2N/c1-6(2)7-3-9(11)8(5-13)10(12)4-7/h3-4,6H,1-2H3. The maximum Gasteiger partial charge on any atom is 0.102 e. The van der Waals surface area contributed by atoms with Crippen molar-refractivity contribution in [1.82, 2.24) is 0 Å². The minimum Gasteiger partial charge on any atom is -0.192 e. The van der Waals surface area contributed by atoms with Gasteiger partial charge in [0.05, 0.1) is 15.6 Å². The van der Waals surface area contributed by atoms with E-state index in [1.807, 2.05) is 19.9 Å². The third-order valence-corrected chi connectivity index (χ3v) is 2.44. The van der Waals surface area contributed by atoms with E-state index in [2.05, 4.69) is 0 Å². The molecule has 0 unspecified atom stereocenters. The van der Waals surface area contributed by atoms with Crippen molar-refractivity contribution in [2.24, 2.45) is 0 Å². The predicted molar refractivity (Wildman–Crippen MR) is 55.3 cm³/mol. The van der Waals surface area contributed by atoms with Crippen LogP contribution in [0.4, 0.5) is 0 Å². The number of nitrogens with zero attached hydrogens (tertiary/aromatic N) is 1. The number of rotatable bonds is 1. The second-order valence-corrected chi connectivity index (χ2v) is 3.94. The van der Waals surface area contributed by atoms with Gasteiger partial charge in [0.1, 0.15) is 6.07 Å². The first kappa shape index (κ1) is 10.4. The molecule has 0 bridgehead atoms. The van der Waals surface area contributed by atoms with Crippen LogP contribution in [-0.4, -0.2) is 0 Å². The Balaban J connectivity index is 3.30. The molecule has 0 N–H and O–H groups in total. The number of benzene rings is 1. The van der Waals surface area contributed by atoms with Gasteiger partial charge in [-0.05, 0) is 23.6 Å². The van der Waals surface area contributed by atoms with Crippen molar-refractivity contribution >= 4 is 23.2 Å². The highest BCUT2D eigenvalue weighted by Crippen LogP contribution is 2.28. The summed E-state index contributed by atoms with van der Waals surface area (Å²) in [7, 11) is 0. The van der Waals surface area contributed by atoms with Gasteiger partial charge in [-0.25, -0.2) is 0 Å². The van der Waals surface area contributed by atoms with Gasteiger partial charge in [-0.15, -0.1) is 0 Å². The highest BCUT2D eigenvalue weighted by atomic mass is 35.5. The Kier molecular flexibility index (Phi) is 3.19. The molecule has 1 aromatic rings. The lowest BCUT2D eigenvalue weighted by atomic mass is 10.0. The van der Waals surface area contributed by atoms with Crippen LogP contribution in [0.15, 0.2) is 12.1 Å². The molecule has 0 aliphatic rings. The molecule has 1 nitrogen and oxygen atoms in total. The Morgan fingerprint density at radius 1 is 1.23 bits per heavy atom. The first-order valence-electron chi connectivity index (χ1n) is 3.95. The van der Waals surface area contributed by atoms with Crippen LogP contribution >= 0.6 is 23.2 Å². The Morgan fingerprint density at radius 2 is 1.69 bits per heavy atom. The number of halogens is 2. The molecule has 13 heavy (non-hydrogen) atoms. The molecular weight excluding hydrogens is 205 g/mol. The van der Waals surface area contributed by atoms with Crippen molar-refractivity contribution in [3.05, 3.63) is 33.3 Å². The van der Waals surface area contributed by atoms with Crippen molar-refractivity contribution in [2.75, 3.05) is 0 Å². The average Bonchev–Trinajstić information content (AvgIpc) is 2.03. The van der Waals surface area contributed by atoms with Gasteiger partial charge in [-0.1, -0.05) is 37.0 Å². The Labute approximate surface area is 87.9 Å². The van der Waals surface area contributed by atoms with Gasteiger partial charge in [0.25, 0.3) is 0 Å². The summed E-state index contributed by atoms with van der Waals surface area (Å²) in [4.78, 5) is 0. The molecule has 1 aromatic carbocycles. The summed E-state index contributed by atoms with van der Waals surface area (Å²) in [5, 5.41) is 9.57. The maximum absolute atomic E-state index is 8.71. The predicted octanol–water partition coefficient (Wildman–Crippen LogP) is 3.99. The first-order valence-corrected chi connectivity index (χ1v) is 4.71. The first-order chi connectivity index (χ1) is 6.06. The summed E-state index contributed by atoms with van der Waals surface area (Å²) in [6.45, 7) is 4.10. The van der Waals surface area contributed by atoms with Crippen LogP contribution in [0.2, 0.25) is 10.0 Å². The molecule has 0 amide bonds. The monoisotopic (exact) mass is 213 g/mol. The van der Waals surface area contributed by atoms with E-state index in [0.717, 1.165) is 5.56 Å². The topological polar surface area (TPSA) is 23.8 Å². The van der Waals surface area contributed by atoms with Crippen LogP contribution in [0.5, 0.6) is 0 Å². The van der Waals surface area contributed by atoms with E-state index >= 15 is 0 Å². The highest BCUT2D eigenvalue weighted by Gasteiger charge is 2.09. The molecule has 0 atom stereocenters. The molecule has 0 spiro atoms. The van der Waals surface area contributed by atoms with Gasteiger partial charge >= 0.3 is 0 Å². The van der Waals surface area contributed by atoms with Crippen LogP contribution in [0.1, 0.15) is 30.9 Å². The molecule has 0 saturated heterocycles. The summed E-state index contributed by atoms with van der Waals surface area (Å²) in [6, 6.07) is 5.54. The quantitative estimate of drug-likeness (QED) is 0.693. The summed E-state index contributed by atoms with van der Waals surface area (Å²) < 4.78 is 0. The van der Waals surface area contributed by atoms with Crippen molar-refractivity contribution in [3.63, 3.8) is 0 Å². The lowest BCUT2D eigenvalue weighted by Crippen LogP contribution is -1.89. The molecule has 0 heterocycles. The van der Waals surface area contributed by atoms with E-state index in [4.69, 9.17) is 28.5 Å². The molecule has 0 aliphatic heterocycles. The maximum atomic E-state index is 8.71. The molecule has 0 aromatic heterocycles. The van der Waals surface area contributed by atoms with Crippen molar-refractivity contribution in [3.8, 4) is 6.07 Å². The van der Waals surface area contributed by atoms with Crippen molar-refractivity contribution in [2.45, 2.75) is 19.8 Å². The molecule has 0 radical (unpaired) electrons. The summed E-state index contributed by atoms with van der Waals surface area (Å²) >= 11 is 11.7. The molecule has 0 fully saturated rings. The smallest absolute Gasteiger partial charge is 0.102 e. The number of nitriles is 1. The largest absolute Gasteiger partial charge is 0.192 e. The van der Waals surface area contributed by atoms with Gasteiger partial charge in [0.15, 0.2) is 0 Å². The number of hydrogen-bond acceptors (Lipinski definition) is 1. The summed E-state index contributed by atoms with van der Waals surface area (Å²) in [5.41, 5.74) is 1.40. The van der Waals surface area contributed by atoms with E-state index < -0.39 is 0 Å². The third-order valence-electron chi connectivity index (χ3n) is 1.84. The highest BCUT2D eigenvalue weighted by molar-refractivity contribution is 6.36. The minimum atomic E-state index is 0.354. The summed E-state index contributed by atoms with van der Waals surface area (Å²) in [6.07, 6.45) is 0. The molecule has 68 valence electrons. The summed E-state index contributed by atoms with van der Waals surface area (Å²) in [5.74, 6) is 0.364. The molecule has 1 rings (SSSR count). The Bertz CT molecular complexity index is 341. The van der Waals surface area contributed by atoms with Gasteiger partial charge in [0, 0.05) is 0 Å². The van der Waals surface area contributed by atoms with Gasteiger partial charge in [0.2, 0.25) is 0 Å². The second-order valence-electron chi connectivity index (χ2n) is 3.13. The van der Waals surface area contributed by atoms with E-state index in [1.54, 1.807) is 12.1 Å². The van der Waals surface area contributed by atoms with Gasteiger partial charge in [-0.2, -0.15) is 5.26 Å². The van der Waals surface area contributed by atoms with Crippen LogP contribution in [0.3, 0.4) is 0 Å². The van der Waals surface area contributed by atoms with Crippen molar-refractivity contribution < 1.29 is 0 Å². The SMILES string of the molecule is CC(C)c1cc(Cl)c(C#N)c(Cl)c1. The van der Waals surface area contributed by atoms with E-state index in [1.165, 1.54) is 0 Å². The number of hydrogen-bond donors (Lipinski definition) is 0. The zero-order valence-electron chi connectivity index (χ0n) is 7.44. The second kappa shape index (κ2) is 4.00. The Hall–Kier alpha value is -0.710. The van der Waals surface area contributed by atoms with Crippen LogP contribution in [0, 0.1) is 11.3 Å². The minimum absolute atomic E-state index is 0.354. The normalized spacial score (nSPS) is 10.2. The molecular formula is C10H9Cl2N. The fraction of sp³-hybridized carbons (Fsp3) is 0.300. The zero-order valence-corrected chi connectivity index (χ0v) is 8.95. The lowest BCUT2D eigenvalue weighted by molar-refractivity contribution is 0.866.